The van der Waals surface area contributed by atoms with Crippen molar-refractivity contribution in [3.63, 3.8) is 0 Å². The average molecular weight is 509 g/mol. The van der Waals surface area contributed by atoms with E-state index in [-0.39, 0.29) is 18.5 Å². The van der Waals surface area contributed by atoms with Crippen molar-refractivity contribution in [1.29, 1.82) is 0 Å². The van der Waals surface area contributed by atoms with E-state index in [4.69, 9.17) is 11.6 Å². The van der Waals surface area contributed by atoms with Gasteiger partial charge in [0.2, 0.25) is 11.8 Å². The lowest BCUT2D eigenvalue weighted by Gasteiger charge is -2.33. The summed E-state index contributed by atoms with van der Waals surface area (Å²) in [5.41, 5.74) is 1.00. The van der Waals surface area contributed by atoms with Crippen LogP contribution in [-0.2, 0) is 26.3 Å². The van der Waals surface area contributed by atoms with Crippen molar-refractivity contribution in [2.24, 2.45) is 0 Å². The van der Waals surface area contributed by atoms with Crippen LogP contribution in [0.1, 0.15) is 32.8 Å². The van der Waals surface area contributed by atoms with E-state index in [0.29, 0.717) is 16.3 Å². The van der Waals surface area contributed by atoms with Gasteiger partial charge >= 0.3 is 10.2 Å². The Morgan fingerprint density at radius 2 is 1.59 bits per heavy atom. The molecule has 2 amide bonds. The third kappa shape index (κ3) is 6.94. The van der Waals surface area contributed by atoms with E-state index < -0.39 is 28.7 Å². The van der Waals surface area contributed by atoms with E-state index in [2.05, 4.69) is 5.32 Å². The number of hydrogen-bond acceptors (Lipinski definition) is 4. The smallest absolute Gasteiger partial charge is 0.304 e. The topological polar surface area (TPSA) is 90.0 Å². The molecule has 0 aliphatic carbocycles. The van der Waals surface area contributed by atoms with E-state index >= 15 is 0 Å². The minimum Gasteiger partial charge on any atom is -0.352 e. The lowest BCUT2D eigenvalue weighted by atomic mass is 10.1. The van der Waals surface area contributed by atoms with Crippen molar-refractivity contribution < 1.29 is 18.0 Å². The van der Waals surface area contributed by atoms with Crippen LogP contribution in [0.4, 0.5) is 5.69 Å². The zero-order chi connectivity index (χ0) is 25.5. The Hall–Kier alpha value is -2.62. The first-order chi connectivity index (χ1) is 16.0. The first kappa shape index (κ1) is 27.6. The highest BCUT2D eigenvalue weighted by atomic mass is 35.5. The van der Waals surface area contributed by atoms with Gasteiger partial charge in [-0.1, -0.05) is 54.9 Å². The zero-order valence-electron chi connectivity index (χ0n) is 20.2. The fourth-order valence-corrected chi connectivity index (χ4v) is 4.42. The fourth-order valence-electron chi connectivity index (χ4n) is 3.17. The van der Waals surface area contributed by atoms with Gasteiger partial charge in [-0.2, -0.15) is 12.7 Å². The second kappa shape index (κ2) is 12.2. The van der Waals surface area contributed by atoms with Crippen molar-refractivity contribution in [3.8, 4) is 0 Å². The Bertz CT molecular complexity index is 1080. The molecule has 2 aromatic rings. The summed E-state index contributed by atoms with van der Waals surface area (Å²) in [6.07, 6.45) is 0.736. The summed E-state index contributed by atoms with van der Waals surface area (Å²) in [7, 11) is -1.17. The molecule has 0 heterocycles. The molecular formula is C24H33ClN4O4S. The van der Waals surface area contributed by atoms with E-state index in [0.717, 1.165) is 15.0 Å². The second-order valence-electron chi connectivity index (χ2n) is 8.24. The normalized spacial score (nSPS) is 13.3. The highest BCUT2D eigenvalue weighted by Gasteiger charge is 2.33. The maximum atomic E-state index is 13.6. The Labute approximate surface area is 207 Å². The van der Waals surface area contributed by atoms with Gasteiger partial charge in [-0.05, 0) is 44.0 Å². The van der Waals surface area contributed by atoms with Gasteiger partial charge in [0.25, 0.3) is 0 Å². The lowest BCUT2D eigenvalue weighted by Crippen LogP contribution is -2.53. The molecule has 0 saturated heterocycles. The molecule has 0 fully saturated rings. The Balaban J connectivity index is 2.43. The summed E-state index contributed by atoms with van der Waals surface area (Å²) < 4.78 is 28.2. The summed E-state index contributed by atoms with van der Waals surface area (Å²) >= 11 is 6.33. The monoisotopic (exact) mass is 508 g/mol. The summed E-state index contributed by atoms with van der Waals surface area (Å²) in [6, 6.07) is 14.5. The maximum absolute atomic E-state index is 13.6. The largest absolute Gasteiger partial charge is 0.352 e. The Morgan fingerprint density at radius 1 is 1.00 bits per heavy atom. The number of halogens is 1. The number of nitrogens with one attached hydrogen (secondary N) is 1. The van der Waals surface area contributed by atoms with Gasteiger partial charge in [0.1, 0.15) is 12.6 Å². The molecule has 2 aromatic carbocycles. The summed E-state index contributed by atoms with van der Waals surface area (Å²) in [4.78, 5) is 27.9. The van der Waals surface area contributed by atoms with E-state index in [1.807, 2.05) is 13.8 Å². The van der Waals surface area contributed by atoms with Crippen LogP contribution in [0.15, 0.2) is 54.6 Å². The number of carbonyl (C=O) groups excluding carboxylic acids is 2. The predicted molar refractivity (Wildman–Crippen MR) is 136 cm³/mol. The summed E-state index contributed by atoms with van der Waals surface area (Å²) in [5.74, 6) is -0.850. The van der Waals surface area contributed by atoms with Gasteiger partial charge in [0.05, 0.1) is 5.69 Å². The highest BCUT2D eigenvalue weighted by Crippen LogP contribution is 2.22. The van der Waals surface area contributed by atoms with Crippen molar-refractivity contribution in [3.05, 3.63) is 65.2 Å². The summed E-state index contributed by atoms with van der Waals surface area (Å²) in [5, 5.41) is 3.35. The molecule has 0 aliphatic heterocycles. The van der Waals surface area contributed by atoms with Crippen molar-refractivity contribution in [2.75, 3.05) is 24.9 Å². The number of nitrogens with zero attached hydrogens (tertiary/aromatic N) is 3. The van der Waals surface area contributed by atoms with E-state index in [1.54, 1.807) is 61.5 Å². The van der Waals surface area contributed by atoms with Crippen LogP contribution in [0.5, 0.6) is 0 Å². The standard InChI is InChI=1S/C24H33ClN4O4S/c1-6-18(2)26-24(31)19(3)28(16-20-12-10-11-15-22(20)25)23(30)17-29(34(32,33)27(4)5)21-13-8-7-9-14-21/h7-15,18-19H,6,16-17H2,1-5H3,(H,26,31). The lowest BCUT2D eigenvalue weighted by molar-refractivity contribution is -0.139. The third-order valence-corrected chi connectivity index (χ3v) is 7.72. The van der Waals surface area contributed by atoms with Gasteiger partial charge in [-0.25, -0.2) is 4.31 Å². The molecular weight excluding hydrogens is 476 g/mol. The van der Waals surface area contributed by atoms with Gasteiger partial charge in [0.15, 0.2) is 0 Å². The van der Waals surface area contributed by atoms with Crippen LogP contribution in [-0.4, -0.2) is 62.2 Å². The minimum atomic E-state index is -3.98. The molecule has 1 N–H and O–H groups in total. The molecule has 8 nitrogen and oxygen atoms in total. The molecule has 186 valence electrons. The van der Waals surface area contributed by atoms with Gasteiger partial charge in [0, 0.05) is 31.7 Å². The number of anilines is 1. The number of hydrogen-bond donors (Lipinski definition) is 1. The molecule has 0 spiro atoms. The zero-order valence-corrected chi connectivity index (χ0v) is 21.8. The van der Waals surface area contributed by atoms with Crippen LogP contribution in [0.3, 0.4) is 0 Å². The molecule has 2 atom stereocenters. The SMILES string of the molecule is CCC(C)NC(=O)C(C)N(Cc1ccccc1Cl)C(=O)CN(c1ccccc1)S(=O)(=O)N(C)C. The van der Waals surface area contributed by atoms with Gasteiger partial charge in [-0.15, -0.1) is 0 Å². The molecule has 2 unspecified atom stereocenters. The van der Waals surface area contributed by atoms with E-state index in [1.165, 1.54) is 19.0 Å². The molecule has 0 saturated carbocycles. The van der Waals surface area contributed by atoms with Crippen LogP contribution in [0.2, 0.25) is 5.02 Å². The van der Waals surface area contributed by atoms with Crippen molar-refractivity contribution in [1.82, 2.24) is 14.5 Å². The second-order valence-corrected chi connectivity index (χ2v) is 10.7. The van der Waals surface area contributed by atoms with Crippen molar-refractivity contribution in [2.45, 2.75) is 45.8 Å². The third-order valence-electron chi connectivity index (χ3n) is 5.53. The number of para-hydroxylation sites is 1. The molecule has 2 rings (SSSR count). The molecule has 0 radical (unpaired) electrons. The fraction of sp³-hybridized carbons (Fsp3) is 0.417. The molecule has 34 heavy (non-hydrogen) atoms. The first-order valence-corrected chi connectivity index (χ1v) is 12.8. The summed E-state index contributed by atoms with van der Waals surface area (Å²) in [6.45, 7) is 5.03. The quantitative estimate of drug-likeness (QED) is 0.504. The first-order valence-electron chi connectivity index (χ1n) is 11.1. The number of rotatable bonds is 11. The maximum Gasteiger partial charge on any atom is 0.304 e. The molecule has 0 bridgehead atoms. The predicted octanol–water partition coefficient (Wildman–Crippen LogP) is 3.28. The Kier molecular flexibility index (Phi) is 9.90. The minimum absolute atomic E-state index is 0.0538. The molecule has 0 aromatic heterocycles. The van der Waals surface area contributed by atoms with Crippen molar-refractivity contribution >= 4 is 39.3 Å². The average Bonchev–Trinajstić information content (AvgIpc) is 2.81. The Morgan fingerprint density at radius 3 is 2.15 bits per heavy atom. The highest BCUT2D eigenvalue weighted by molar-refractivity contribution is 7.90. The van der Waals surface area contributed by atoms with Gasteiger partial charge < -0.3 is 10.2 Å². The number of amides is 2. The van der Waals surface area contributed by atoms with Crippen LogP contribution < -0.4 is 9.62 Å². The van der Waals surface area contributed by atoms with Crippen LogP contribution in [0.25, 0.3) is 0 Å². The van der Waals surface area contributed by atoms with Crippen LogP contribution in [0, 0.1) is 0 Å². The molecule has 0 aliphatic rings. The molecule has 10 heteroatoms. The number of benzene rings is 2. The van der Waals surface area contributed by atoms with Crippen LogP contribution >= 0.6 is 11.6 Å². The van der Waals surface area contributed by atoms with Gasteiger partial charge in [-0.3, -0.25) is 9.59 Å². The van der Waals surface area contributed by atoms with E-state index in [9.17, 15) is 18.0 Å². The number of carbonyl (C=O) groups is 2.